The number of hydrogen-bond acceptors (Lipinski definition) is 4. The molecule has 0 aromatic carbocycles. The fourth-order valence-corrected chi connectivity index (χ4v) is 3.75. The van der Waals surface area contributed by atoms with Crippen LogP contribution in [-0.4, -0.2) is 39.3 Å². The Bertz CT molecular complexity index is 555. The van der Waals surface area contributed by atoms with Crippen molar-refractivity contribution in [3.8, 4) is 0 Å². The Kier molecular flexibility index (Phi) is 5.77. The van der Waals surface area contributed by atoms with Crippen LogP contribution in [0, 0.1) is 5.92 Å². The third kappa shape index (κ3) is 4.30. The molecule has 1 atom stereocenters. The van der Waals surface area contributed by atoms with Gasteiger partial charge in [-0.05, 0) is 25.3 Å². The van der Waals surface area contributed by atoms with Crippen LogP contribution in [0.2, 0.25) is 0 Å². The van der Waals surface area contributed by atoms with Gasteiger partial charge in [-0.15, -0.1) is 0 Å². The van der Waals surface area contributed by atoms with Crippen molar-refractivity contribution in [1.82, 2.24) is 20.2 Å². The summed E-state index contributed by atoms with van der Waals surface area (Å²) < 4.78 is 0. The van der Waals surface area contributed by atoms with Gasteiger partial charge >= 0.3 is 0 Å². The van der Waals surface area contributed by atoms with Gasteiger partial charge in [0.1, 0.15) is 6.33 Å². The molecule has 0 bridgehead atoms. The van der Waals surface area contributed by atoms with Crippen molar-refractivity contribution in [2.24, 2.45) is 5.92 Å². The van der Waals surface area contributed by atoms with E-state index in [-0.39, 0.29) is 17.7 Å². The molecule has 1 N–H and O–H groups in total. The molecule has 2 aliphatic rings. The molecule has 1 saturated carbocycles. The van der Waals surface area contributed by atoms with Gasteiger partial charge < -0.3 is 10.2 Å². The maximum atomic E-state index is 12.5. The maximum Gasteiger partial charge on any atom is 0.225 e. The molecule has 3 rings (SSSR count). The van der Waals surface area contributed by atoms with Crippen LogP contribution in [0.25, 0.3) is 0 Å². The molecule has 2 fully saturated rings. The van der Waals surface area contributed by atoms with Crippen LogP contribution in [0.4, 0.5) is 0 Å². The van der Waals surface area contributed by atoms with Crippen LogP contribution in [0.5, 0.6) is 0 Å². The number of amides is 2. The lowest BCUT2D eigenvalue weighted by molar-refractivity contribution is -0.141. The van der Waals surface area contributed by atoms with Crippen LogP contribution < -0.4 is 5.32 Å². The summed E-state index contributed by atoms with van der Waals surface area (Å²) in [6, 6.07) is 2.13. The van der Waals surface area contributed by atoms with Crippen molar-refractivity contribution in [3.63, 3.8) is 0 Å². The number of likely N-dealkylation sites (tertiary alicyclic amines) is 1. The Labute approximate surface area is 143 Å². The van der Waals surface area contributed by atoms with E-state index in [2.05, 4.69) is 15.3 Å². The van der Waals surface area contributed by atoms with Gasteiger partial charge in [-0.1, -0.05) is 25.7 Å². The highest BCUT2D eigenvalue weighted by molar-refractivity contribution is 5.84. The number of piperidine rings is 1. The maximum absolute atomic E-state index is 12.5. The Hall–Kier alpha value is -1.98. The largest absolute Gasteiger partial charge is 0.350 e. The summed E-state index contributed by atoms with van der Waals surface area (Å²) in [7, 11) is 0. The molecule has 24 heavy (non-hydrogen) atoms. The van der Waals surface area contributed by atoms with Crippen molar-refractivity contribution in [2.75, 3.05) is 6.54 Å². The van der Waals surface area contributed by atoms with Gasteiger partial charge in [0.15, 0.2) is 0 Å². The molecule has 1 aliphatic carbocycles. The normalized spacial score (nSPS) is 22.9. The second kappa shape index (κ2) is 8.22. The van der Waals surface area contributed by atoms with Crippen molar-refractivity contribution < 1.29 is 9.59 Å². The molecule has 6 nitrogen and oxygen atoms in total. The lowest BCUT2D eigenvalue weighted by atomic mass is 9.93. The number of carbonyl (C=O) groups excluding carboxylic acids is 2. The van der Waals surface area contributed by atoms with Gasteiger partial charge in [-0.25, -0.2) is 9.97 Å². The second-order valence-corrected chi connectivity index (χ2v) is 6.85. The standard InChI is InChI=1S/C18H26N4O2/c23-17-8-7-14(12-22(17)16-5-3-1-2-4-6-16)18(24)20-11-15-9-10-19-13-21-15/h9-10,13-14,16H,1-8,11-12H2,(H,20,24). The number of rotatable bonds is 4. The fraction of sp³-hybridized carbons (Fsp3) is 0.667. The van der Waals surface area contributed by atoms with Crippen molar-refractivity contribution in [2.45, 2.75) is 64.0 Å². The lowest BCUT2D eigenvalue weighted by Crippen LogP contribution is -2.49. The minimum atomic E-state index is -0.104. The smallest absolute Gasteiger partial charge is 0.225 e. The van der Waals surface area contributed by atoms with Crippen molar-refractivity contribution >= 4 is 11.8 Å². The second-order valence-electron chi connectivity index (χ2n) is 6.85. The average Bonchev–Trinajstić information content (AvgIpc) is 2.90. The number of hydrogen-bond donors (Lipinski definition) is 1. The zero-order valence-electron chi connectivity index (χ0n) is 14.1. The van der Waals surface area contributed by atoms with Crippen LogP contribution in [0.3, 0.4) is 0 Å². The minimum absolute atomic E-state index is 0.0275. The summed E-state index contributed by atoms with van der Waals surface area (Å²) in [5, 5.41) is 2.95. The van der Waals surface area contributed by atoms with Crippen LogP contribution in [-0.2, 0) is 16.1 Å². The average molecular weight is 330 g/mol. The molecule has 0 radical (unpaired) electrons. The molecule has 0 spiro atoms. The molecular weight excluding hydrogens is 304 g/mol. The van der Waals surface area contributed by atoms with Crippen LogP contribution in [0.1, 0.15) is 57.1 Å². The highest BCUT2D eigenvalue weighted by Crippen LogP contribution is 2.27. The first-order chi connectivity index (χ1) is 11.7. The predicted octanol–water partition coefficient (Wildman–Crippen LogP) is 2.05. The monoisotopic (exact) mass is 330 g/mol. The molecule has 1 aliphatic heterocycles. The van der Waals surface area contributed by atoms with Crippen LogP contribution >= 0.6 is 0 Å². The van der Waals surface area contributed by atoms with Crippen molar-refractivity contribution in [1.29, 1.82) is 0 Å². The number of aromatic nitrogens is 2. The topological polar surface area (TPSA) is 75.2 Å². The Morgan fingerprint density at radius 3 is 2.71 bits per heavy atom. The summed E-state index contributed by atoms with van der Waals surface area (Å²) in [5.41, 5.74) is 0.797. The fourth-order valence-electron chi connectivity index (χ4n) is 3.75. The van der Waals surface area contributed by atoms with Gasteiger partial charge in [-0.3, -0.25) is 9.59 Å². The Morgan fingerprint density at radius 2 is 2.00 bits per heavy atom. The minimum Gasteiger partial charge on any atom is -0.350 e. The van der Waals surface area contributed by atoms with E-state index in [1.165, 1.54) is 32.0 Å². The SMILES string of the molecule is O=C(NCc1ccncn1)C1CCC(=O)N(C2CCCCCC2)C1. The predicted molar refractivity (Wildman–Crippen MR) is 89.8 cm³/mol. The summed E-state index contributed by atoms with van der Waals surface area (Å²) >= 11 is 0. The molecule has 1 saturated heterocycles. The molecule has 1 aromatic rings. The van der Waals surface area contributed by atoms with E-state index in [1.807, 2.05) is 4.90 Å². The van der Waals surface area contributed by atoms with Gasteiger partial charge in [0.05, 0.1) is 18.2 Å². The first kappa shape index (κ1) is 16.9. The summed E-state index contributed by atoms with van der Waals surface area (Å²) in [5.74, 6) is 0.147. The highest BCUT2D eigenvalue weighted by atomic mass is 16.2. The van der Waals surface area contributed by atoms with E-state index in [1.54, 1.807) is 12.3 Å². The van der Waals surface area contributed by atoms with E-state index in [9.17, 15) is 9.59 Å². The number of nitrogens with zero attached hydrogens (tertiary/aromatic N) is 3. The Morgan fingerprint density at radius 1 is 1.21 bits per heavy atom. The zero-order valence-corrected chi connectivity index (χ0v) is 14.1. The third-order valence-corrected chi connectivity index (χ3v) is 5.17. The molecule has 1 aromatic heterocycles. The van der Waals surface area contributed by atoms with Gasteiger partial charge in [0.2, 0.25) is 11.8 Å². The summed E-state index contributed by atoms with van der Waals surface area (Å²) in [6.45, 7) is 0.980. The lowest BCUT2D eigenvalue weighted by Gasteiger charge is -2.37. The summed E-state index contributed by atoms with van der Waals surface area (Å²) in [6.07, 6.45) is 11.4. The molecule has 6 heteroatoms. The van der Waals surface area contributed by atoms with E-state index in [4.69, 9.17) is 0 Å². The molecule has 1 unspecified atom stereocenters. The first-order valence-corrected chi connectivity index (χ1v) is 9.06. The molecule has 2 amide bonds. The van der Waals surface area contributed by atoms with Gasteiger partial charge in [-0.2, -0.15) is 0 Å². The van der Waals surface area contributed by atoms with E-state index in [0.717, 1.165) is 18.5 Å². The number of nitrogens with one attached hydrogen (secondary N) is 1. The third-order valence-electron chi connectivity index (χ3n) is 5.17. The molecular formula is C18H26N4O2. The summed E-state index contributed by atoms with van der Waals surface area (Å²) in [4.78, 5) is 34.8. The Balaban J connectivity index is 1.55. The molecule has 130 valence electrons. The first-order valence-electron chi connectivity index (χ1n) is 9.06. The van der Waals surface area contributed by atoms with Gasteiger partial charge in [0, 0.05) is 25.2 Å². The van der Waals surface area contributed by atoms with E-state index >= 15 is 0 Å². The van der Waals surface area contributed by atoms with E-state index < -0.39 is 0 Å². The van der Waals surface area contributed by atoms with E-state index in [0.29, 0.717) is 32.0 Å². The number of carbonyl (C=O) groups is 2. The zero-order chi connectivity index (χ0) is 16.8. The highest BCUT2D eigenvalue weighted by Gasteiger charge is 2.34. The molecule has 2 heterocycles. The van der Waals surface area contributed by atoms with Crippen LogP contribution in [0.15, 0.2) is 18.6 Å². The van der Waals surface area contributed by atoms with Gasteiger partial charge in [0.25, 0.3) is 0 Å². The quantitative estimate of drug-likeness (QED) is 0.858. The van der Waals surface area contributed by atoms with Crippen molar-refractivity contribution in [3.05, 3.63) is 24.3 Å².